The lowest BCUT2D eigenvalue weighted by Crippen LogP contribution is -1.98. The molecule has 4 rings (SSSR count). The van der Waals surface area contributed by atoms with Crippen LogP contribution >= 0.6 is 11.8 Å². The highest BCUT2D eigenvalue weighted by Gasteiger charge is 2.14. The third-order valence-electron chi connectivity index (χ3n) is 4.43. The Kier molecular flexibility index (Phi) is 6.42. The molecule has 2 N–H and O–H groups in total. The molecule has 0 spiro atoms. The summed E-state index contributed by atoms with van der Waals surface area (Å²) < 4.78 is 16.5. The van der Waals surface area contributed by atoms with E-state index in [0.29, 0.717) is 23.3 Å². The number of aryl methyl sites for hydroxylation is 1. The van der Waals surface area contributed by atoms with Gasteiger partial charge in [0.1, 0.15) is 23.1 Å². The number of ether oxygens (including phenoxy) is 3. The largest absolute Gasteiger partial charge is 0.489 e. The number of aliphatic carboxylic acids is 1. The first-order valence-corrected chi connectivity index (χ1v) is 10.6. The molecule has 0 radical (unpaired) electrons. The van der Waals surface area contributed by atoms with Gasteiger partial charge in [-0.05, 0) is 59.7 Å². The molecular formula is C22H21N3O5S. The quantitative estimate of drug-likeness (QED) is 0.376. The fourth-order valence-corrected chi connectivity index (χ4v) is 3.64. The molecule has 2 aromatic carbocycles. The Labute approximate surface area is 183 Å². The molecule has 0 fully saturated rings. The molecule has 0 bridgehead atoms. The number of fused-ring (bicyclic) bond motifs is 1. The summed E-state index contributed by atoms with van der Waals surface area (Å²) in [7, 11) is 0. The van der Waals surface area contributed by atoms with Gasteiger partial charge in [0.05, 0.1) is 0 Å². The average molecular weight is 439 g/mol. The number of aromatic nitrogens is 3. The third kappa shape index (κ3) is 5.37. The zero-order valence-corrected chi connectivity index (χ0v) is 17.6. The lowest BCUT2D eigenvalue weighted by molar-refractivity contribution is -0.131. The second-order valence-corrected chi connectivity index (χ2v) is 7.78. The van der Waals surface area contributed by atoms with Crippen molar-refractivity contribution in [2.45, 2.75) is 31.5 Å². The molecule has 0 atom stereocenters. The van der Waals surface area contributed by atoms with Gasteiger partial charge in [-0.3, -0.25) is 5.10 Å². The van der Waals surface area contributed by atoms with Gasteiger partial charge in [0.15, 0.2) is 11.5 Å². The Balaban J connectivity index is 1.39. The van der Waals surface area contributed by atoms with Crippen LogP contribution in [0.2, 0.25) is 0 Å². The van der Waals surface area contributed by atoms with Crippen LogP contribution in [0.4, 0.5) is 0 Å². The zero-order valence-electron chi connectivity index (χ0n) is 16.8. The minimum absolute atomic E-state index is 0.135. The van der Waals surface area contributed by atoms with E-state index in [-0.39, 0.29) is 11.7 Å². The van der Waals surface area contributed by atoms with Gasteiger partial charge in [-0.2, -0.15) is 0 Å². The van der Waals surface area contributed by atoms with Crippen molar-refractivity contribution in [1.29, 1.82) is 0 Å². The van der Waals surface area contributed by atoms with E-state index in [9.17, 15) is 9.90 Å². The second kappa shape index (κ2) is 9.57. The molecule has 9 heteroatoms. The summed E-state index contributed by atoms with van der Waals surface area (Å²) in [6.07, 6.45) is 3.29. The number of hydrogen-bond donors (Lipinski definition) is 2. The van der Waals surface area contributed by atoms with Gasteiger partial charge in [-0.15, -0.1) is 5.10 Å². The monoisotopic (exact) mass is 439 g/mol. The minimum atomic E-state index is -1.03. The standard InChI is InChI=1S/C22H21N3O5S/c1-2-3-20-23-22(25-24-20)31-19(21(26)27)11-14-4-7-16(8-5-14)28-12-15-6-9-17-18(10-15)30-13-29-17/h4-11H,2-3,12-13H2,1H3,(H,26,27)(H,23,24,25)/b19-11-. The van der Waals surface area contributed by atoms with Crippen LogP contribution in [0.25, 0.3) is 6.08 Å². The Morgan fingerprint density at radius 1 is 1.23 bits per heavy atom. The first-order chi connectivity index (χ1) is 15.1. The number of carbonyl (C=O) groups is 1. The van der Waals surface area contributed by atoms with Crippen LogP contribution in [0, 0.1) is 0 Å². The first-order valence-electron chi connectivity index (χ1n) is 9.76. The molecule has 0 unspecified atom stereocenters. The summed E-state index contributed by atoms with van der Waals surface area (Å²) >= 11 is 1.01. The predicted octanol–water partition coefficient (Wildman–Crippen LogP) is 4.28. The predicted molar refractivity (Wildman–Crippen MR) is 115 cm³/mol. The van der Waals surface area contributed by atoms with Crippen LogP contribution in [0.3, 0.4) is 0 Å². The van der Waals surface area contributed by atoms with Crippen molar-refractivity contribution in [3.63, 3.8) is 0 Å². The first kappa shape index (κ1) is 20.8. The summed E-state index contributed by atoms with van der Waals surface area (Å²) in [5.74, 6) is 1.85. The van der Waals surface area contributed by atoms with E-state index in [1.807, 2.05) is 25.1 Å². The van der Waals surface area contributed by atoms with Gasteiger partial charge in [-0.25, -0.2) is 9.78 Å². The van der Waals surface area contributed by atoms with Crippen LogP contribution < -0.4 is 14.2 Å². The van der Waals surface area contributed by atoms with E-state index >= 15 is 0 Å². The molecule has 160 valence electrons. The molecule has 0 saturated heterocycles. The van der Waals surface area contributed by atoms with Gasteiger partial charge < -0.3 is 19.3 Å². The summed E-state index contributed by atoms with van der Waals surface area (Å²) in [4.78, 5) is 16.1. The zero-order chi connectivity index (χ0) is 21.6. The topological polar surface area (TPSA) is 107 Å². The Bertz CT molecular complexity index is 1090. The van der Waals surface area contributed by atoms with E-state index in [1.165, 1.54) is 0 Å². The molecule has 0 saturated carbocycles. The van der Waals surface area contributed by atoms with Crippen molar-refractivity contribution in [3.8, 4) is 17.2 Å². The lowest BCUT2D eigenvalue weighted by Gasteiger charge is -2.07. The molecule has 3 aromatic rings. The van der Waals surface area contributed by atoms with Crippen molar-refractivity contribution in [2.24, 2.45) is 0 Å². The van der Waals surface area contributed by atoms with Crippen molar-refractivity contribution < 1.29 is 24.1 Å². The van der Waals surface area contributed by atoms with Gasteiger partial charge in [0.2, 0.25) is 11.9 Å². The highest BCUT2D eigenvalue weighted by atomic mass is 32.2. The molecule has 1 aliphatic heterocycles. The fourth-order valence-electron chi connectivity index (χ4n) is 2.91. The maximum atomic E-state index is 11.6. The molecule has 2 heterocycles. The number of aromatic amines is 1. The van der Waals surface area contributed by atoms with Crippen molar-refractivity contribution >= 4 is 23.8 Å². The third-order valence-corrected chi connectivity index (χ3v) is 5.31. The Hall–Kier alpha value is -3.46. The Morgan fingerprint density at radius 2 is 2.03 bits per heavy atom. The van der Waals surface area contributed by atoms with Crippen LogP contribution in [0.15, 0.2) is 52.5 Å². The number of H-pyrrole nitrogens is 1. The number of nitrogens with zero attached hydrogens (tertiary/aromatic N) is 2. The van der Waals surface area contributed by atoms with Crippen LogP contribution in [-0.2, 0) is 17.8 Å². The smallest absolute Gasteiger partial charge is 0.342 e. The molecule has 0 amide bonds. The maximum Gasteiger partial charge on any atom is 0.342 e. The van der Waals surface area contributed by atoms with Crippen molar-refractivity contribution in [3.05, 3.63) is 64.3 Å². The maximum absolute atomic E-state index is 11.6. The van der Waals surface area contributed by atoms with Crippen molar-refractivity contribution in [2.75, 3.05) is 6.79 Å². The molecule has 1 aromatic heterocycles. The number of rotatable bonds is 9. The van der Waals surface area contributed by atoms with Gasteiger partial charge in [-0.1, -0.05) is 25.1 Å². The Morgan fingerprint density at radius 3 is 2.81 bits per heavy atom. The summed E-state index contributed by atoms with van der Waals surface area (Å²) in [5, 5.41) is 16.8. The van der Waals surface area contributed by atoms with E-state index in [0.717, 1.165) is 47.3 Å². The summed E-state index contributed by atoms with van der Waals surface area (Å²) in [6.45, 7) is 2.66. The molecule has 0 aliphatic carbocycles. The number of carboxylic acids is 1. The van der Waals surface area contributed by atoms with Crippen LogP contribution in [0.5, 0.6) is 17.2 Å². The molecular weight excluding hydrogens is 418 g/mol. The second-order valence-electron chi connectivity index (χ2n) is 6.78. The highest BCUT2D eigenvalue weighted by molar-refractivity contribution is 8.04. The van der Waals surface area contributed by atoms with Gasteiger partial charge in [0, 0.05) is 6.42 Å². The number of benzene rings is 2. The van der Waals surface area contributed by atoms with Crippen LogP contribution in [0.1, 0.15) is 30.3 Å². The highest BCUT2D eigenvalue weighted by Crippen LogP contribution is 2.33. The van der Waals surface area contributed by atoms with E-state index in [1.54, 1.807) is 30.3 Å². The average Bonchev–Trinajstić information content (AvgIpc) is 3.42. The molecule has 1 aliphatic rings. The van der Waals surface area contributed by atoms with E-state index in [2.05, 4.69) is 15.2 Å². The number of nitrogens with one attached hydrogen (secondary N) is 1. The lowest BCUT2D eigenvalue weighted by atomic mass is 10.2. The normalized spacial score (nSPS) is 12.7. The summed E-state index contributed by atoms with van der Waals surface area (Å²) in [5.41, 5.74) is 1.70. The number of carboxylic acid groups (broad SMARTS) is 1. The van der Waals surface area contributed by atoms with E-state index in [4.69, 9.17) is 14.2 Å². The molecule has 8 nitrogen and oxygen atoms in total. The number of thioether (sulfide) groups is 1. The number of hydrogen-bond acceptors (Lipinski definition) is 7. The van der Waals surface area contributed by atoms with Gasteiger partial charge >= 0.3 is 5.97 Å². The van der Waals surface area contributed by atoms with Gasteiger partial charge in [0.25, 0.3) is 0 Å². The molecule has 31 heavy (non-hydrogen) atoms. The fraction of sp³-hybridized carbons (Fsp3) is 0.227. The minimum Gasteiger partial charge on any atom is -0.489 e. The van der Waals surface area contributed by atoms with Crippen molar-refractivity contribution in [1.82, 2.24) is 15.2 Å². The van der Waals surface area contributed by atoms with E-state index < -0.39 is 5.97 Å². The SMILES string of the molecule is CCCc1nc(S/C(=C\c2ccc(OCc3ccc4c(c3)OCO4)cc2)C(=O)O)n[nH]1. The van der Waals surface area contributed by atoms with Crippen LogP contribution in [-0.4, -0.2) is 33.1 Å². The summed E-state index contributed by atoms with van der Waals surface area (Å²) in [6, 6.07) is 12.9.